The first-order valence-corrected chi connectivity index (χ1v) is 6.28. The normalized spacial score (nSPS) is 17.5. The molecule has 0 atom stereocenters. The lowest BCUT2D eigenvalue weighted by Crippen LogP contribution is -2.47. The van der Waals surface area contributed by atoms with Crippen LogP contribution < -0.4 is 0 Å². The summed E-state index contributed by atoms with van der Waals surface area (Å²) in [5.41, 5.74) is 2.04. The van der Waals surface area contributed by atoms with E-state index in [4.69, 9.17) is 0 Å². The zero-order valence-electron chi connectivity index (χ0n) is 10.8. The van der Waals surface area contributed by atoms with Crippen molar-refractivity contribution in [1.82, 2.24) is 14.8 Å². The first-order chi connectivity index (χ1) is 8.18. The molecule has 0 N–H and O–H groups in total. The summed E-state index contributed by atoms with van der Waals surface area (Å²) >= 11 is 0. The van der Waals surface area contributed by atoms with Crippen molar-refractivity contribution in [3.8, 4) is 0 Å². The Balaban J connectivity index is 1.95. The van der Waals surface area contributed by atoms with Crippen LogP contribution in [0, 0.1) is 0 Å². The molecule has 2 rings (SSSR count). The Hall–Kier alpha value is -1.35. The molecule has 0 aliphatic carbocycles. The fraction of sp³-hybridized carbons (Fsp3) is 0.500. The van der Waals surface area contributed by atoms with Gasteiger partial charge in [0.25, 0.3) is 0 Å². The summed E-state index contributed by atoms with van der Waals surface area (Å²) in [5.74, 6) is 0. The third kappa shape index (κ3) is 2.86. The van der Waals surface area contributed by atoms with E-state index in [-0.39, 0.29) is 0 Å². The Bertz CT molecular complexity index is 364. The Morgan fingerprint density at radius 1 is 1.24 bits per heavy atom. The highest BCUT2D eigenvalue weighted by atomic mass is 15.3. The van der Waals surface area contributed by atoms with Crippen LogP contribution in [0.2, 0.25) is 0 Å². The van der Waals surface area contributed by atoms with Gasteiger partial charge in [-0.05, 0) is 26.0 Å². The number of pyridine rings is 1. The van der Waals surface area contributed by atoms with Gasteiger partial charge < -0.3 is 4.90 Å². The van der Waals surface area contributed by atoms with E-state index >= 15 is 0 Å². The molecule has 1 saturated heterocycles. The van der Waals surface area contributed by atoms with Gasteiger partial charge in [-0.3, -0.25) is 9.88 Å². The smallest absolute Gasteiger partial charge is 0.0856 e. The molecule has 3 nitrogen and oxygen atoms in total. The number of rotatable bonds is 3. The summed E-state index contributed by atoms with van der Waals surface area (Å²) < 4.78 is 0. The van der Waals surface area contributed by atoms with Gasteiger partial charge in [0.15, 0.2) is 0 Å². The molecule has 0 spiro atoms. The van der Waals surface area contributed by atoms with Gasteiger partial charge in [-0.15, -0.1) is 0 Å². The highest BCUT2D eigenvalue weighted by molar-refractivity contribution is 5.58. The topological polar surface area (TPSA) is 19.4 Å². The van der Waals surface area contributed by atoms with E-state index in [9.17, 15) is 0 Å². The Morgan fingerprint density at radius 3 is 2.47 bits per heavy atom. The number of piperazine rings is 1. The molecule has 1 aromatic heterocycles. The monoisotopic (exact) mass is 231 g/mol. The van der Waals surface area contributed by atoms with Crippen LogP contribution in [0.1, 0.15) is 19.5 Å². The maximum absolute atomic E-state index is 4.35. The van der Waals surface area contributed by atoms with Gasteiger partial charge in [-0.2, -0.15) is 0 Å². The summed E-state index contributed by atoms with van der Waals surface area (Å²) in [4.78, 5) is 9.19. The van der Waals surface area contributed by atoms with E-state index in [1.807, 2.05) is 24.4 Å². The lowest BCUT2D eigenvalue weighted by Gasteiger charge is -2.38. The second-order valence-corrected chi connectivity index (χ2v) is 4.78. The fourth-order valence-electron chi connectivity index (χ4n) is 2.20. The second kappa shape index (κ2) is 5.32. The molecule has 3 heteroatoms. The minimum absolute atomic E-state index is 0.639. The molecule has 2 heterocycles. The molecule has 92 valence electrons. The Kier molecular flexibility index (Phi) is 3.79. The minimum atomic E-state index is 0.639. The summed E-state index contributed by atoms with van der Waals surface area (Å²) in [6, 6.07) is 6.61. The van der Waals surface area contributed by atoms with Gasteiger partial charge in [-0.1, -0.05) is 12.6 Å². The van der Waals surface area contributed by atoms with Crippen LogP contribution in [-0.4, -0.2) is 47.0 Å². The summed E-state index contributed by atoms with van der Waals surface area (Å²) in [7, 11) is 0. The molecule has 1 fully saturated rings. The maximum atomic E-state index is 4.35. The molecule has 1 aliphatic heterocycles. The van der Waals surface area contributed by atoms with Crippen LogP contribution in [0.3, 0.4) is 0 Å². The Labute approximate surface area is 104 Å². The van der Waals surface area contributed by atoms with Crippen molar-refractivity contribution in [3.63, 3.8) is 0 Å². The Morgan fingerprint density at radius 2 is 1.94 bits per heavy atom. The average Bonchev–Trinajstić information content (AvgIpc) is 2.39. The molecule has 0 saturated carbocycles. The van der Waals surface area contributed by atoms with Gasteiger partial charge in [0, 0.05) is 38.4 Å². The number of hydrogen-bond acceptors (Lipinski definition) is 3. The standard InChI is InChI=1S/C14H21N3/c1-12(2)16-8-10-17(11-9-16)13(3)14-6-4-5-7-15-14/h4-7,12H,3,8-11H2,1-2H3. The van der Waals surface area contributed by atoms with Crippen LogP contribution in [0.15, 0.2) is 31.0 Å². The van der Waals surface area contributed by atoms with E-state index < -0.39 is 0 Å². The molecule has 0 unspecified atom stereocenters. The molecule has 1 aliphatic rings. The summed E-state index contributed by atoms with van der Waals surface area (Å²) in [6.07, 6.45) is 1.82. The summed E-state index contributed by atoms with van der Waals surface area (Å²) in [5, 5.41) is 0. The van der Waals surface area contributed by atoms with E-state index in [1.54, 1.807) is 0 Å². The molecular weight excluding hydrogens is 210 g/mol. The predicted molar refractivity (Wildman–Crippen MR) is 71.6 cm³/mol. The molecule has 0 aromatic carbocycles. The lowest BCUT2D eigenvalue weighted by molar-refractivity contribution is 0.143. The zero-order valence-corrected chi connectivity index (χ0v) is 10.8. The zero-order chi connectivity index (χ0) is 12.3. The maximum Gasteiger partial charge on any atom is 0.0856 e. The number of hydrogen-bond donors (Lipinski definition) is 0. The quantitative estimate of drug-likeness (QED) is 0.794. The van der Waals surface area contributed by atoms with Crippen LogP contribution in [-0.2, 0) is 0 Å². The molecule has 0 amide bonds. The minimum Gasteiger partial charge on any atom is -0.368 e. The first-order valence-electron chi connectivity index (χ1n) is 6.28. The molecular formula is C14H21N3. The highest BCUT2D eigenvalue weighted by Crippen LogP contribution is 2.17. The van der Waals surface area contributed by atoms with Crippen molar-refractivity contribution in [2.45, 2.75) is 19.9 Å². The lowest BCUT2D eigenvalue weighted by atomic mass is 10.2. The van der Waals surface area contributed by atoms with E-state index in [0.717, 1.165) is 37.6 Å². The van der Waals surface area contributed by atoms with Crippen molar-refractivity contribution >= 4 is 5.70 Å². The van der Waals surface area contributed by atoms with E-state index in [0.29, 0.717) is 6.04 Å². The van der Waals surface area contributed by atoms with Crippen molar-refractivity contribution < 1.29 is 0 Å². The fourth-order valence-corrected chi connectivity index (χ4v) is 2.20. The number of nitrogens with zero attached hydrogens (tertiary/aromatic N) is 3. The first kappa shape index (κ1) is 12.1. The molecule has 0 bridgehead atoms. The van der Waals surface area contributed by atoms with Gasteiger partial charge in [0.1, 0.15) is 0 Å². The van der Waals surface area contributed by atoms with E-state index in [1.165, 1.54) is 0 Å². The van der Waals surface area contributed by atoms with Crippen molar-refractivity contribution in [2.24, 2.45) is 0 Å². The highest BCUT2D eigenvalue weighted by Gasteiger charge is 2.20. The molecule has 0 radical (unpaired) electrons. The predicted octanol–water partition coefficient (Wildman–Crippen LogP) is 2.08. The van der Waals surface area contributed by atoms with Crippen LogP contribution >= 0.6 is 0 Å². The van der Waals surface area contributed by atoms with Crippen molar-refractivity contribution in [2.75, 3.05) is 26.2 Å². The van der Waals surface area contributed by atoms with Crippen LogP contribution in [0.4, 0.5) is 0 Å². The summed E-state index contributed by atoms with van der Waals surface area (Å²) in [6.45, 7) is 13.0. The van der Waals surface area contributed by atoms with Crippen molar-refractivity contribution in [1.29, 1.82) is 0 Å². The largest absolute Gasteiger partial charge is 0.368 e. The van der Waals surface area contributed by atoms with Gasteiger partial charge in [0.05, 0.1) is 11.4 Å². The molecule has 1 aromatic rings. The third-order valence-corrected chi connectivity index (χ3v) is 3.39. The third-order valence-electron chi connectivity index (χ3n) is 3.39. The van der Waals surface area contributed by atoms with Gasteiger partial charge in [-0.25, -0.2) is 0 Å². The average molecular weight is 231 g/mol. The SMILES string of the molecule is C=C(c1ccccn1)N1CCN(C(C)C)CC1. The van der Waals surface area contributed by atoms with Crippen LogP contribution in [0.5, 0.6) is 0 Å². The van der Waals surface area contributed by atoms with E-state index in [2.05, 4.69) is 35.2 Å². The van der Waals surface area contributed by atoms with Gasteiger partial charge in [0.2, 0.25) is 0 Å². The van der Waals surface area contributed by atoms with Gasteiger partial charge >= 0.3 is 0 Å². The second-order valence-electron chi connectivity index (χ2n) is 4.78. The number of aromatic nitrogens is 1. The molecule has 17 heavy (non-hydrogen) atoms. The van der Waals surface area contributed by atoms with Crippen LogP contribution in [0.25, 0.3) is 5.70 Å². The van der Waals surface area contributed by atoms with Crippen molar-refractivity contribution in [3.05, 3.63) is 36.7 Å².